The first-order chi connectivity index (χ1) is 8.31. The van der Waals surface area contributed by atoms with E-state index >= 15 is 0 Å². The number of hydrogen-bond donors (Lipinski definition) is 1. The molecule has 1 aromatic heterocycles. The third kappa shape index (κ3) is 3.45. The highest BCUT2D eigenvalue weighted by Gasteiger charge is 2.25. The fraction of sp³-hybridized carbons (Fsp3) is 0.833. The number of hydrogen-bond acceptors (Lipinski definition) is 4. The zero-order valence-electron chi connectivity index (χ0n) is 10.7. The molecule has 0 amide bonds. The second-order valence-corrected chi connectivity index (χ2v) is 5.89. The van der Waals surface area contributed by atoms with Crippen LogP contribution >= 0.6 is 11.8 Å². The average molecular weight is 254 g/mol. The summed E-state index contributed by atoms with van der Waals surface area (Å²) in [5.74, 6) is 0. The van der Waals surface area contributed by atoms with Crippen LogP contribution in [0, 0.1) is 0 Å². The molecule has 0 bridgehead atoms. The largest absolute Gasteiger partial charge is 0.313 e. The molecule has 1 aromatic rings. The van der Waals surface area contributed by atoms with Crippen LogP contribution in [0.4, 0.5) is 0 Å². The Hall–Kier alpha value is -0.550. The van der Waals surface area contributed by atoms with Crippen molar-refractivity contribution in [3.63, 3.8) is 0 Å². The molecular formula is C12H22N4S. The monoisotopic (exact) mass is 254 g/mol. The molecule has 1 aliphatic carbocycles. The van der Waals surface area contributed by atoms with Gasteiger partial charge >= 0.3 is 0 Å². The first-order valence-corrected chi connectivity index (χ1v) is 7.43. The standard InChI is InChI=1S/C12H22N4S/c1-3-13-10-7-5-4-6-8-11(10)17-12-15-14-9-16(12)2/h9-11,13H,3-8H2,1-2H3. The zero-order chi connectivity index (χ0) is 12.1. The van der Waals surface area contributed by atoms with Gasteiger partial charge in [-0.15, -0.1) is 10.2 Å². The van der Waals surface area contributed by atoms with Crippen molar-refractivity contribution in [1.29, 1.82) is 0 Å². The Morgan fingerprint density at radius 1 is 1.41 bits per heavy atom. The van der Waals surface area contributed by atoms with Gasteiger partial charge in [-0.3, -0.25) is 0 Å². The smallest absolute Gasteiger partial charge is 0.191 e. The summed E-state index contributed by atoms with van der Waals surface area (Å²) in [6, 6.07) is 0.629. The van der Waals surface area contributed by atoms with E-state index in [4.69, 9.17) is 0 Å². The van der Waals surface area contributed by atoms with Crippen molar-refractivity contribution in [3.05, 3.63) is 6.33 Å². The molecule has 4 nitrogen and oxygen atoms in total. The summed E-state index contributed by atoms with van der Waals surface area (Å²) in [7, 11) is 2.02. The quantitative estimate of drug-likeness (QED) is 0.837. The number of thioether (sulfide) groups is 1. The van der Waals surface area contributed by atoms with E-state index in [0.717, 1.165) is 11.7 Å². The van der Waals surface area contributed by atoms with E-state index in [0.29, 0.717) is 11.3 Å². The van der Waals surface area contributed by atoms with E-state index < -0.39 is 0 Å². The second-order valence-electron chi connectivity index (χ2n) is 4.68. The zero-order valence-corrected chi connectivity index (χ0v) is 11.5. The van der Waals surface area contributed by atoms with Crippen molar-refractivity contribution in [3.8, 4) is 0 Å². The number of aromatic nitrogens is 3. The van der Waals surface area contributed by atoms with Gasteiger partial charge in [0, 0.05) is 18.3 Å². The molecule has 1 fully saturated rings. The summed E-state index contributed by atoms with van der Waals surface area (Å²) >= 11 is 1.89. The fourth-order valence-electron chi connectivity index (χ4n) is 2.43. The summed E-state index contributed by atoms with van der Waals surface area (Å²) in [5, 5.41) is 13.4. The van der Waals surface area contributed by atoms with Crippen molar-refractivity contribution in [2.45, 2.75) is 55.5 Å². The maximum Gasteiger partial charge on any atom is 0.191 e. The highest BCUT2D eigenvalue weighted by Crippen LogP contribution is 2.31. The van der Waals surface area contributed by atoms with Crippen molar-refractivity contribution < 1.29 is 0 Å². The van der Waals surface area contributed by atoms with Gasteiger partial charge in [0.15, 0.2) is 5.16 Å². The Kier molecular flexibility index (Phi) is 4.86. The van der Waals surface area contributed by atoms with Crippen molar-refractivity contribution in [2.24, 2.45) is 7.05 Å². The predicted octanol–water partition coefficient (Wildman–Crippen LogP) is 2.22. The maximum absolute atomic E-state index is 4.18. The summed E-state index contributed by atoms with van der Waals surface area (Å²) in [4.78, 5) is 0. The van der Waals surface area contributed by atoms with Crippen molar-refractivity contribution in [2.75, 3.05) is 6.54 Å². The van der Waals surface area contributed by atoms with E-state index in [1.807, 2.05) is 23.4 Å². The first kappa shape index (κ1) is 12.9. The third-order valence-corrected chi connectivity index (χ3v) is 4.79. The Labute approximate surface area is 108 Å². The van der Waals surface area contributed by atoms with Crippen LogP contribution in [0.2, 0.25) is 0 Å². The van der Waals surface area contributed by atoms with Gasteiger partial charge in [0.25, 0.3) is 0 Å². The van der Waals surface area contributed by atoms with Crippen LogP contribution in [0.5, 0.6) is 0 Å². The molecule has 1 saturated carbocycles. The third-order valence-electron chi connectivity index (χ3n) is 3.35. The van der Waals surface area contributed by atoms with Gasteiger partial charge in [-0.2, -0.15) is 0 Å². The lowest BCUT2D eigenvalue weighted by Crippen LogP contribution is -2.37. The molecular weight excluding hydrogens is 232 g/mol. The molecule has 2 unspecified atom stereocenters. The van der Waals surface area contributed by atoms with Crippen molar-refractivity contribution in [1.82, 2.24) is 20.1 Å². The van der Waals surface area contributed by atoms with E-state index in [9.17, 15) is 0 Å². The minimum atomic E-state index is 0.629. The molecule has 1 aliphatic rings. The lowest BCUT2D eigenvalue weighted by Gasteiger charge is -2.24. The molecule has 0 aromatic carbocycles. The topological polar surface area (TPSA) is 42.7 Å². The molecule has 0 saturated heterocycles. The van der Waals surface area contributed by atoms with Gasteiger partial charge in [0.1, 0.15) is 6.33 Å². The fourth-order valence-corrected chi connectivity index (χ4v) is 3.68. The summed E-state index contributed by atoms with van der Waals surface area (Å²) in [6.07, 6.45) is 8.43. The van der Waals surface area contributed by atoms with E-state index in [-0.39, 0.29) is 0 Å². The van der Waals surface area contributed by atoms with Crippen LogP contribution < -0.4 is 5.32 Å². The summed E-state index contributed by atoms with van der Waals surface area (Å²) < 4.78 is 2.01. The van der Waals surface area contributed by atoms with Crippen LogP contribution in [0.3, 0.4) is 0 Å². The molecule has 5 heteroatoms. The van der Waals surface area contributed by atoms with E-state index in [1.54, 1.807) is 6.33 Å². The number of aryl methyl sites for hydroxylation is 1. The van der Waals surface area contributed by atoms with Gasteiger partial charge < -0.3 is 9.88 Å². The van der Waals surface area contributed by atoms with Crippen LogP contribution in [-0.2, 0) is 7.05 Å². The van der Waals surface area contributed by atoms with Crippen LogP contribution in [0.15, 0.2) is 11.5 Å². The van der Waals surface area contributed by atoms with Gasteiger partial charge in [0.2, 0.25) is 0 Å². The maximum atomic E-state index is 4.18. The number of rotatable bonds is 4. The SMILES string of the molecule is CCNC1CCCCCC1Sc1nncn1C. The van der Waals surface area contributed by atoms with Gasteiger partial charge in [0.05, 0.1) is 0 Å². The van der Waals surface area contributed by atoms with Gasteiger partial charge in [-0.1, -0.05) is 37.9 Å². The molecule has 17 heavy (non-hydrogen) atoms. The first-order valence-electron chi connectivity index (χ1n) is 6.55. The lowest BCUT2D eigenvalue weighted by molar-refractivity contribution is 0.481. The molecule has 1 heterocycles. The van der Waals surface area contributed by atoms with E-state index in [1.165, 1.54) is 32.1 Å². The normalized spacial score (nSPS) is 25.8. The molecule has 2 rings (SSSR count). The number of nitrogens with one attached hydrogen (secondary N) is 1. The summed E-state index contributed by atoms with van der Waals surface area (Å²) in [5.41, 5.74) is 0. The van der Waals surface area contributed by atoms with E-state index in [2.05, 4.69) is 22.4 Å². The lowest BCUT2D eigenvalue weighted by atomic mass is 10.1. The Morgan fingerprint density at radius 3 is 2.94 bits per heavy atom. The number of nitrogens with zero attached hydrogens (tertiary/aromatic N) is 3. The molecule has 0 spiro atoms. The molecule has 96 valence electrons. The van der Waals surface area contributed by atoms with Gasteiger partial charge in [-0.25, -0.2) is 0 Å². The van der Waals surface area contributed by atoms with Crippen molar-refractivity contribution >= 4 is 11.8 Å². The average Bonchev–Trinajstić information content (AvgIpc) is 2.59. The molecule has 0 aliphatic heterocycles. The molecule has 2 atom stereocenters. The summed E-state index contributed by atoms with van der Waals surface area (Å²) in [6.45, 7) is 3.25. The van der Waals surface area contributed by atoms with Crippen LogP contribution in [0.25, 0.3) is 0 Å². The Balaban J connectivity index is 2.02. The second kappa shape index (κ2) is 6.40. The minimum absolute atomic E-state index is 0.629. The Bertz CT molecular complexity index is 339. The van der Waals surface area contributed by atoms with Crippen LogP contribution in [-0.4, -0.2) is 32.6 Å². The highest BCUT2D eigenvalue weighted by molar-refractivity contribution is 7.99. The van der Waals surface area contributed by atoms with Crippen LogP contribution in [0.1, 0.15) is 39.0 Å². The van der Waals surface area contributed by atoms with Gasteiger partial charge in [-0.05, 0) is 19.4 Å². The molecule has 1 N–H and O–H groups in total. The Morgan fingerprint density at radius 2 is 2.24 bits per heavy atom. The molecule has 0 radical (unpaired) electrons. The highest BCUT2D eigenvalue weighted by atomic mass is 32.2. The minimum Gasteiger partial charge on any atom is -0.313 e. The predicted molar refractivity (Wildman–Crippen MR) is 71.2 cm³/mol.